The van der Waals surface area contributed by atoms with Crippen molar-refractivity contribution in [1.82, 2.24) is 19.7 Å². The molecule has 0 aromatic carbocycles. The number of aromatic nitrogens is 4. The average molecular weight is 275 g/mol. The summed E-state index contributed by atoms with van der Waals surface area (Å²) in [5.74, 6) is 0. The Kier molecular flexibility index (Phi) is 2.18. The van der Waals surface area contributed by atoms with Crippen LogP contribution in [0.15, 0.2) is 47.5 Å². The maximum atomic E-state index is 4.42. The van der Waals surface area contributed by atoms with Crippen LogP contribution < -0.4 is 0 Å². The highest BCUT2D eigenvalue weighted by atomic mass is 79.9. The van der Waals surface area contributed by atoms with E-state index in [9.17, 15) is 0 Å². The lowest BCUT2D eigenvalue weighted by Gasteiger charge is -1.97. The number of rotatable bonds is 1. The second kappa shape index (κ2) is 3.68. The van der Waals surface area contributed by atoms with Crippen LogP contribution in [0.25, 0.3) is 16.7 Å². The molecule has 0 saturated carbocycles. The van der Waals surface area contributed by atoms with Crippen molar-refractivity contribution in [3.63, 3.8) is 0 Å². The van der Waals surface area contributed by atoms with Crippen molar-refractivity contribution < 1.29 is 0 Å². The van der Waals surface area contributed by atoms with Crippen LogP contribution in [0.2, 0.25) is 0 Å². The van der Waals surface area contributed by atoms with Gasteiger partial charge in [0.15, 0.2) is 0 Å². The first kappa shape index (κ1) is 9.47. The molecule has 0 fully saturated rings. The van der Waals surface area contributed by atoms with Crippen LogP contribution in [0.5, 0.6) is 0 Å². The Hall–Kier alpha value is -1.75. The first-order chi connectivity index (χ1) is 7.83. The number of hydrogen-bond acceptors (Lipinski definition) is 3. The molecule has 0 saturated heterocycles. The summed E-state index contributed by atoms with van der Waals surface area (Å²) in [6.45, 7) is 0. The first-order valence-electron chi connectivity index (χ1n) is 4.75. The molecular weight excluding hydrogens is 268 g/mol. The topological polar surface area (TPSA) is 43.6 Å². The van der Waals surface area contributed by atoms with E-state index in [4.69, 9.17) is 0 Å². The molecule has 16 heavy (non-hydrogen) atoms. The standard InChI is InChI=1S/C11H7BrN4/c12-11-4-3-9-10(14-11)7-16(15-9)8-2-1-5-13-6-8/h1-7H. The normalized spacial score (nSPS) is 10.8. The van der Waals surface area contributed by atoms with E-state index in [1.807, 2.05) is 30.5 Å². The molecule has 0 aliphatic carbocycles. The summed E-state index contributed by atoms with van der Waals surface area (Å²) >= 11 is 3.34. The summed E-state index contributed by atoms with van der Waals surface area (Å²) in [7, 11) is 0. The van der Waals surface area contributed by atoms with Gasteiger partial charge in [-0.05, 0) is 40.2 Å². The predicted molar refractivity (Wildman–Crippen MR) is 64.4 cm³/mol. The number of nitrogens with zero attached hydrogens (tertiary/aromatic N) is 4. The van der Waals surface area contributed by atoms with Gasteiger partial charge in [-0.2, -0.15) is 5.10 Å². The molecule has 0 unspecified atom stereocenters. The summed E-state index contributed by atoms with van der Waals surface area (Å²) in [6.07, 6.45) is 5.39. The van der Waals surface area contributed by atoms with Crippen molar-refractivity contribution in [2.24, 2.45) is 0 Å². The van der Waals surface area contributed by atoms with E-state index in [0.717, 1.165) is 21.3 Å². The molecule has 3 aromatic heterocycles. The van der Waals surface area contributed by atoms with Gasteiger partial charge in [0.2, 0.25) is 0 Å². The summed E-state index contributed by atoms with van der Waals surface area (Å²) in [6, 6.07) is 7.64. The Labute approximate surface area is 100 Å². The van der Waals surface area contributed by atoms with Crippen molar-refractivity contribution >= 4 is 27.0 Å². The van der Waals surface area contributed by atoms with Gasteiger partial charge in [-0.1, -0.05) is 0 Å². The Morgan fingerprint density at radius 2 is 2.06 bits per heavy atom. The monoisotopic (exact) mass is 274 g/mol. The molecule has 4 nitrogen and oxygen atoms in total. The summed E-state index contributed by atoms with van der Waals surface area (Å²) in [5, 5.41) is 4.42. The highest BCUT2D eigenvalue weighted by Gasteiger charge is 2.03. The van der Waals surface area contributed by atoms with E-state index >= 15 is 0 Å². The highest BCUT2D eigenvalue weighted by molar-refractivity contribution is 9.10. The first-order valence-corrected chi connectivity index (χ1v) is 5.54. The molecule has 0 spiro atoms. The minimum Gasteiger partial charge on any atom is -0.262 e. The molecule has 3 rings (SSSR count). The maximum Gasteiger partial charge on any atom is 0.111 e. The largest absolute Gasteiger partial charge is 0.262 e. The van der Waals surface area contributed by atoms with Crippen molar-refractivity contribution in [1.29, 1.82) is 0 Å². The molecule has 0 atom stereocenters. The van der Waals surface area contributed by atoms with Crippen molar-refractivity contribution in [3.05, 3.63) is 47.5 Å². The van der Waals surface area contributed by atoms with E-state index in [2.05, 4.69) is 31.0 Å². The molecule has 0 bridgehead atoms. The van der Waals surface area contributed by atoms with Gasteiger partial charge in [0.05, 0.1) is 18.1 Å². The molecule has 0 aliphatic rings. The van der Waals surface area contributed by atoms with E-state index in [1.165, 1.54) is 0 Å². The van der Waals surface area contributed by atoms with Gasteiger partial charge >= 0.3 is 0 Å². The van der Waals surface area contributed by atoms with Gasteiger partial charge < -0.3 is 0 Å². The van der Waals surface area contributed by atoms with Crippen LogP contribution in [0.1, 0.15) is 0 Å². The lowest BCUT2D eigenvalue weighted by molar-refractivity contribution is 0.889. The summed E-state index contributed by atoms with van der Waals surface area (Å²) in [5.41, 5.74) is 2.65. The predicted octanol–water partition coefficient (Wildman–Crippen LogP) is 2.58. The summed E-state index contributed by atoms with van der Waals surface area (Å²) < 4.78 is 2.59. The Bertz CT molecular complexity index is 633. The Morgan fingerprint density at radius 1 is 1.12 bits per heavy atom. The van der Waals surface area contributed by atoms with Crippen LogP contribution in [-0.4, -0.2) is 19.7 Å². The third-order valence-corrected chi connectivity index (χ3v) is 2.68. The Morgan fingerprint density at radius 3 is 2.88 bits per heavy atom. The van der Waals surface area contributed by atoms with E-state index < -0.39 is 0 Å². The molecule has 0 aliphatic heterocycles. The average Bonchev–Trinajstić information content (AvgIpc) is 2.73. The van der Waals surface area contributed by atoms with E-state index in [1.54, 1.807) is 17.1 Å². The van der Waals surface area contributed by atoms with Gasteiger partial charge in [-0.3, -0.25) is 4.98 Å². The fourth-order valence-corrected chi connectivity index (χ4v) is 1.83. The van der Waals surface area contributed by atoms with Gasteiger partial charge in [0.25, 0.3) is 0 Å². The fourth-order valence-electron chi connectivity index (χ4n) is 1.50. The minimum atomic E-state index is 0.811. The zero-order chi connectivity index (χ0) is 11.0. The van der Waals surface area contributed by atoms with E-state index in [-0.39, 0.29) is 0 Å². The van der Waals surface area contributed by atoms with Crippen LogP contribution >= 0.6 is 15.9 Å². The number of hydrogen-bond donors (Lipinski definition) is 0. The molecule has 5 heteroatoms. The van der Waals surface area contributed by atoms with Gasteiger partial charge in [-0.25, -0.2) is 9.67 Å². The molecule has 0 amide bonds. The van der Waals surface area contributed by atoms with Crippen LogP contribution in [0.4, 0.5) is 0 Å². The molecule has 0 radical (unpaired) electrons. The number of pyridine rings is 2. The van der Waals surface area contributed by atoms with Crippen LogP contribution in [0.3, 0.4) is 0 Å². The third-order valence-electron chi connectivity index (χ3n) is 2.24. The van der Waals surface area contributed by atoms with Crippen molar-refractivity contribution in [2.75, 3.05) is 0 Å². The fraction of sp³-hybridized carbons (Fsp3) is 0. The zero-order valence-electron chi connectivity index (χ0n) is 8.21. The number of halogens is 1. The van der Waals surface area contributed by atoms with Gasteiger partial charge in [-0.15, -0.1) is 0 Å². The Balaban J connectivity index is 2.19. The van der Waals surface area contributed by atoms with Crippen molar-refractivity contribution in [3.8, 4) is 5.69 Å². The molecular formula is C11H7BrN4. The molecule has 3 heterocycles. The quantitative estimate of drug-likeness (QED) is 0.641. The van der Waals surface area contributed by atoms with E-state index in [0.29, 0.717) is 0 Å². The van der Waals surface area contributed by atoms with Gasteiger partial charge in [0.1, 0.15) is 15.6 Å². The molecule has 3 aromatic rings. The SMILES string of the molecule is Brc1ccc2nn(-c3cccnc3)cc2n1. The molecule has 0 N–H and O–H groups in total. The zero-order valence-corrected chi connectivity index (χ0v) is 9.79. The second-order valence-electron chi connectivity index (χ2n) is 3.32. The van der Waals surface area contributed by atoms with Gasteiger partial charge in [0, 0.05) is 6.20 Å². The number of fused-ring (bicyclic) bond motifs is 1. The molecule has 78 valence electrons. The van der Waals surface area contributed by atoms with Crippen LogP contribution in [0, 0.1) is 0 Å². The smallest absolute Gasteiger partial charge is 0.111 e. The minimum absolute atomic E-state index is 0.811. The highest BCUT2D eigenvalue weighted by Crippen LogP contribution is 2.16. The second-order valence-corrected chi connectivity index (χ2v) is 4.14. The third kappa shape index (κ3) is 1.59. The van der Waals surface area contributed by atoms with Crippen LogP contribution in [-0.2, 0) is 0 Å². The lowest BCUT2D eigenvalue weighted by Crippen LogP contribution is -1.93. The maximum absolute atomic E-state index is 4.42. The van der Waals surface area contributed by atoms with Crippen molar-refractivity contribution in [2.45, 2.75) is 0 Å². The lowest BCUT2D eigenvalue weighted by atomic mass is 10.4. The summed E-state index contributed by atoms with van der Waals surface area (Å²) in [4.78, 5) is 8.39.